The summed E-state index contributed by atoms with van der Waals surface area (Å²) >= 11 is 0. The molecule has 0 aliphatic carbocycles. The monoisotopic (exact) mass is 401 g/mol. The molecular formula is C20H20FN3O3S. The molecule has 2 aromatic carbocycles. The largest absolute Gasteiger partial charge is 0.497 e. The van der Waals surface area contributed by atoms with E-state index in [1.165, 1.54) is 37.6 Å². The molecule has 8 heteroatoms. The van der Waals surface area contributed by atoms with E-state index in [1.54, 1.807) is 18.2 Å². The van der Waals surface area contributed by atoms with E-state index >= 15 is 0 Å². The van der Waals surface area contributed by atoms with E-state index < -0.39 is 15.8 Å². The Morgan fingerprint density at radius 3 is 2.50 bits per heavy atom. The van der Waals surface area contributed by atoms with Gasteiger partial charge in [-0.15, -0.1) is 0 Å². The normalized spacial score (nSPS) is 11.1. The lowest BCUT2D eigenvalue weighted by Gasteiger charge is -2.14. The van der Waals surface area contributed by atoms with E-state index in [0.29, 0.717) is 11.4 Å². The second-order valence-corrected chi connectivity index (χ2v) is 7.63. The van der Waals surface area contributed by atoms with Crippen molar-refractivity contribution in [1.82, 2.24) is 4.98 Å². The first-order valence-corrected chi connectivity index (χ1v) is 10.1. The van der Waals surface area contributed by atoms with E-state index in [4.69, 9.17) is 4.74 Å². The fourth-order valence-corrected chi connectivity index (χ4v) is 3.74. The van der Waals surface area contributed by atoms with Gasteiger partial charge in [-0.2, -0.15) is 0 Å². The number of benzene rings is 2. The van der Waals surface area contributed by atoms with Crippen LogP contribution in [0.15, 0.2) is 65.7 Å². The van der Waals surface area contributed by atoms with Crippen molar-refractivity contribution in [2.45, 2.75) is 18.2 Å². The fraction of sp³-hybridized carbons (Fsp3) is 0.150. The van der Waals surface area contributed by atoms with Crippen molar-refractivity contribution < 1.29 is 17.5 Å². The molecule has 0 fully saturated rings. The minimum atomic E-state index is -3.93. The number of ether oxygens (including phenoxy) is 1. The minimum Gasteiger partial charge on any atom is -0.497 e. The maximum atomic E-state index is 14.2. The number of pyridine rings is 1. The molecule has 0 bridgehead atoms. The molecule has 0 unspecified atom stereocenters. The van der Waals surface area contributed by atoms with Gasteiger partial charge in [0, 0.05) is 18.0 Å². The second-order valence-electron chi connectivity index (χ2n) is 5.98. The lowest BCUT2D eigenvalue weighted by atomic mass is 10.2. The maximum Gasteiger partial charge on any atom is 0.265 e. The predicted octanol–water partition coefficient (Wildman–Crippen LogP) is 4.34. The van der Waals surface area contributed by atoms with Crippen LogP contribution in [-0.2, 0) is 16.4 Å². The first-order chi connectivity index (χ1) is 13.4. The molecule has 0 aliphatic heterocycles. The topological polar surface area (TPSA) is 80.3 Å². The Labute approximate surface area is 163 Å². The van der Waals surface area contributed by atoms with Gasteiger partial charge in [-0.3, -0.25) is 4.72 Å². The number of hydrogen-bond donors (Lipinski definition) is 2. The third-order valence-corrected chi connectivity index (χ3v) is 5.52. The molecule has 3 aromatic rings. The molecule has 3 rings (SSSR count). The third-order valence-electron chi connectivity index (χ3n) is 4.10. The first-order valence-electron chi connectivity index (χ1n) is 8.60. The Kier molecular flexibility index (Phi) is 5.79. The number of aryl methyl sites for hydroxylation is 1. The van der Waals surface area contributed by atoms with E-state index in [0.717, 1.165) is 12.0 Å². The van der Waals surface area contributed by atoms with Crippen molar-refractivity contribution in [1.29, 1.82) is 0 Å². The van der Waals surface area contributed by atoms with Crippen LogP contribution in [0.1, 0.15) is 12.5 Å². The molecule has 0 spiro atoms. The van der Waals surface area contributed by atoms with Crippen molar-refractivity contribution in [3.8, 4) is 5.75 Å². The summed E-state index contributed by atoms with van der Waals surface area (Å²) in [6.45, 7) is 2.02. The molecule has 1 heterocycles. The quantitative estimate of drug-likeness (QED) is 0.616. The third kappa shape index (κ3) is 4.40. The van der Waals surface area contributed by atoms with Gasteiger partial charge in [-0.25, -0.2) is 17.8 Å². The molecule has 146 valence electrons. The molecule has 0 amide bonds. The smallest absolute Gasteiger partial charge is 0.265 e. The number of nitrogens with one attached hydrogen (secondary N) is 2. The number of methoxy groups -OCH3 is 1. The standard InChI is InChI=1S/C20H20FN3O3S/c1-3-14-6-8-15(9-7-14)24-28(25,26)19-5-4-12-22-20(19)23-18-11-10-16(27-2)13-17(18)21/h4-13,24H,3H2,1-2H3,(H,22,23). The number of anilines is 3. The average molecular weight is 401 g/mol. The van der Waals surface area contributed by atoms with E-state index in [1.807, 2.05) is 19.1 Å². The van der Waals surface area contributed by atoms with Gasteiger partial charge in [0.05, 0.1) is 12.8 Å². The van der Waals surface area contributed by atoms with Crippen molar-refractivity contribution in [2.24, 2.45) is 0 Å². The predicted molar refractivity (Wildman–Crippen MR) is 107 cm³/mol. The molecule has 0 aliphatic rings. The number of halogens is 1. The minimum absolute atomic E-state index is 0.0178. The lowest BCUT2D eigenvalue weighted by Crippen LogP contribution is -2.15. The molecule has 2 N–H and O–H groups in total. The first kappa shape index (κ1) is 19.6. The zero-order chi connectivity index (χ0) is 20.1. The second kappa shape index (κ2) is 8.26. The van der Waals surface area contributed by atoms with Crippen LogP contribution in [0.2, 0.25) is 0 Å². The van der Waals surface area contributed by atoms with Gasteiger partial charge in [-0.1, -0.05) is 19.1 Å². The van der Waals surface area contributed by atoms with E-state index in [-0.39, 0.29) is 16.4 Å². The summed E-state index contributed by atoms with van der Waals surface area (Å²) in [6.07, 6.45) is 2.29. The van der Waals surface area contributed by atoms with E-state index in [2.05, 4.69) is 15.0 Å². The van der Waals surface area contributed by atoms with E-state index in [9.17, 15) is 12.8 Å². The summed E-state index contributed by atoms with van der Waals surface area (Å²) in [6, 6.07) is 14.2. The van der Waals surface area contributed by atoms with Gasteiger partial charge in [0.25, 0.3) is 10.0 Å². The molecule has 28 heavy (non-hydrogen) atoms. The van der Waals surface area contributed by atoms with Crippen molar-refractivity contribution in [2.75, 3.05) is 17.1 Å². The summed E-state index contributed by atoms with van der Waals surface area (Å²) in [4.78, 5) is 3.97. The Morgan fingerprint density at radius 1 is 1.11 bits per heavy atom. The number of sulfonamides is 1. The molecule has 1 aromatic heterocycles. The molecule has 0 atom stereocenters. The number of rotatable bonds is 7. The lowest BCUT2D eigenvalue weighted by molar-refractivity contribution is 0.411. The highest BCUT2D eigenvalue weighted by Crippen LogP contribution is 2.27. The van der Waals surface area contributed by atoms with Crippen LogP contribution in [0.4, 0.5) is 21.6 Å². The molecular weight excluding hydrogens is 381 g/mol. The van der Waals surface area contributed by atoms with Gasteiger partial charge in [-0.05, 0) is 48.4 Å². The average Bonchev–Trinajstić information content (AvgIpc) is 2.70. The Bertz CT molecular complexity index is 1070. The summed E-state index contributed by atoms with van der Waals surface area (Å²) in [5.74, 6) is -0.213. The highest BCUT2D eigenvalue weighted by molar-refractivity contribution is 7.92. The molecule has 0 saturated heterocycles. The molecule has 6 nitrogen and oxygen atoms in total. The highest BCUT2D eigenvalue weighted by atomic mass is 32.2. The van der Waals surface area contributed by atoms with Crippen molar-refractivity contribution in [3.63, 3.8) is 0 Å². The van der Waals surface area contributed by atoms with Crippen LogP contribution >= 0.6 is 0 Å². The number of aromatic nitrogens is 1. The highest BCUT2D eigenvalue weighted by Gasteiger charge is 2.20. The van der Waals surface area contributed by atoms with Crippen LogP contribution in [0.3, 0.4) is 0 Å². The zero-order valence-electron chi connectivity index (χ0n) is 15.4. The van der Waals surface area contributed by atoms with Crippen molar-refractivity contribution >= 4 is 27.2 Å². The fourth-order valence-electron chi connectivity index (χ4n) is 2.57. The van der Waals surface area contributed by atoms with Crippen LogP contribution in [0.25, 0.3) is 0 Å². The van der Waals surface area contributed by atoms with Gasteiger partial charge < -0.3 is 10.1 Å². The van der Waals surface area contributed by atoms with Crippen LogP contribution in [0, 0.1) is 5.82 Å². The summed E-state index contributed by atoms with van der Waals surface area (Å²) in [5.41, 5.74) is 1.62. The molecule has 0 radical (unpaired) electrons. The van der Waals surface area contributed by atoms with Gasteiger partial charge in [0.2, 0.25) is 0 Å². The number of nitrogens with zero attached hydrogens (tertiary/aromatic N) is 1. The maximum absolute atomic E-state index is 14.2. The van der Waals surface area contributed by atoms with Gasteiger partial charge >= 0.3 is 0 Å². The summed E-state index contributed by atoms with van der Waals surface area (Å²) in [7, 11) is -2.50. The Morgan fingerprint density at radius 2 is 1.86 bits per heavy atom. The zero-order valence-corrected chi connectivity index (χ0v) is 16.3. The summed E-state index contributed by atoms with van der Waals surface area (Å²) in [5, 5.41) is 2.74. The van der Waals surface area contributed by atoms with Crippen LogP contribution < -0.4 is 14.8 Å². The van der Waals surface area contributed by atoms with Crippen molar-refractivity contribution in [3.05, 3.63) is 72.2 Å². The Hall–Kier alpha value is -3.13. The Balaban J connectivity index is 1.90. The number of hydrogen-bond acceptors (Lipinski definition) is 5. The van der Waals surface area contributed by atoms with Gasteiger partial charge in [0.1, 0.15) is 16.5 Å². The van der Waals surface area contributed by atoms with Crippen LogP contribution in [0.5, 0.6) is 5.75 Å². The summed E-state index contributed by atoms with van der Waals surface area (Å²) < 4.78 is 47.4. The molecule has 0 saturated carbocycles. The van der Waals surface area contributed by atoms with Crippen LogP contribution in [-0.4, -0.2) is 20.5 Å². The SMILES string of the molecule is CCc1ccc(NS(=O)(=O)c2cccnc2Nc2ccc(OC)cc2F)cc1. The van der Waals surface area contributed by atoms with Gasteiger partial charge in [0.15, 0.2) is 5.82 Å².